The molecule has 0 aliphatic carbocycles. The van der Waals surface area contributed by atoms with Gasteiger partial charge in [-0.2, -0.15) is 0 Å². The van der Waals surface area contributed by atoms with Gasteiger partial charge in [0, 0.05) is 16.1 Å². The van der Waals surface area contributed by atoms with Gasteiger partial charge in [-0.05, 0) is 55.8 Å². The topological polar surface area (TPSA) is 37.8 Å². The first-order valence-electron chi connectivity index (χ1n) is 8.07. The number of aromatic nitrogens is 2. The zero-order chi connectivity index (χ0) is 18.3. The minimum absolute atomic E-state index is 0.275. The molecule has 4 aromatic rings. The van der Waals surface area contributed by atoms with Crippen molar-refractivity contribution in [2.75, 3.05) is 5.32 Å². The largest absolute Gasteiger partial charge is 0.340 e. The van der Waals surface area contributed by atoms with Gasteiger partial charge in [0.2, 0.25) is 0 Å². The number of fused-ring (bicyclic) bond motifs is 1. The lowest BCUT2D eigenvalue weighted by atomic mass is 10.0. The van der Waals surface area contributed by atoms with E-state index in [1.165, 1.54) is 24.3 Å². The van der Waals surface area contributed by atoms with Crippen LogP contribution in [-0.2, 0) is 0 Å². The highest BCUT2D eigenvalue weighted by Crippen LogP contribution is 2.41. The third kappa shape index (κ3) is 3.04. The number of hydrogen-bond acceptors (Lipinski definition) is 4. The van der Waals surface area contributed by atoms with Gasteiger partial charge in [0.15, 0.2) is 0 Å². The third-order valence-electron chi connectivity index (χ3n) is 4.08. The average Bonchev–Trinajstić information content (AvgIpc) is 2.93. The summed E-state index contributed by atoms with van der Waals surface area (Å²) in [6, 6.07) is 12.5. The summed E-state index contributed by atoms with van der Waals surface area (Å²) in [5.41, 5.74) is 2.62. The van der Waals surface area contributed by atoms with Crippen LogP contribution in [0.3, 0.4) is 0 Å². The van der Waals surface area contributed by atoms with Crippen molar-refractivity contribution in [3.05, 3.63) is 70.9 Å². The van der Waals surface area contributed by atoms with Crippen molar-refractivity contribution in [2.24, 2.45) is 0 Å². The number of hydrogen-bond donors (Lipinski definition) is 1. The first kappa shape index (κ1) is 16.6. The molecule has 0 amide bonds. The Labute approximate surface area is 153 Å². The van der Waals surface area contributed by atoms with Crippen LogP contribution in [0.4, 0.5) is 20.3 Å². The summed E-state index contributed by atoms with van der Waals surface area (Å²) in [5.74, 6) is 0.734. The third-order valence-corrected chi connectivity index (χ3v) is 5.08. The molecule has 3 nitrogen and oxygen atoms in total. The number of rotatable bonds is 3. The molecule has 0 fully saturated rings. The minimum Gasteiger partial charge on any atom is -0.340 e. The Balaban J connectivity index is 1.91. The number of nitrogens with one attached hydrogen (secondary N) is 1. The molecular formula is C20H15F2N3S. The van der Waals surface area contributed by atoms with E-state index in [0.29, 0.717) is 11.6 Å². The molecule has 2 aromatic heterocycles. The Morgan fingerprint density at radius 2 is 1.46 bits per heavy atom. The van der Waals surface area contributed by atoms with Crippen molar-refractivity contribution in [1.29, 1.82) is 0 Å². The lowest BCUT2D eigenvalue weighted by Crippen LogP contribution is -1.98. The second-order valence-electron chi connectivity index (χ2n) is 5.97. The molecule has 2 heterocycles. The molecule has 0 atom stereocenters. The predicted octanol–water partition coefficient (Wildman–Crippen LogP) is 6.00. The molecule has 0 aliphatic heterocycles. The van der Waals surface area contributed by atoms with Crippen LogP contribution in [-0.4, -0.2) is 9.97 Å². The Hall–Kier alpha value is -2.86. The molecule has 6 heteroatoms. The van der Waals surface area contributed by atoms with Gasteiger partial charge >= 0.3 is 0 Å². The monoisotopic (exact) mass is 367 g/mol. The number of thiophene rings is 1. The van der Waals surface area contributed by atoms with E-state index in [-0.39, 0.29) is 11.6 Å². The van der Waals surface area contributed by atoms with E-state index in [9.17, 15) is 8.78 Å². The molecule has 0 unspecified atom stereocenters. The van der Waals surface area contributed by atoms with Gasteiger partial charge in [-0.3, -0.25) is 0 Å². The van der Waals surface area contributed by atoms with E-state index in [2.05, 4.69) is 15.3 Å². The SMILES string of the molecule is Cc1nc(Nc2ccc(F)cc2)c2c(-c3ccc(F)cc3)c(C)sc2n1. The van der Waals surface area contributed by atoms with Gasteiger partial charge < -0.3 is 5.32 Å². The maximum atomic E-state index is 13.3. The van der Waals surface area contributed by atoms with Gasteiger partial charge in [0.25, 0.3) is 0 Å². The molecule has 0 saturated carbocycles. The van der Waals surface area contributed by atoms with Gasteiger partial charge in [-0.1, -0.05) is 12.1 Å². The van der Waals surface area contributed by atoms with Crippen LogP contribution in [0, 0.1) is 25.5 Å². The Kier molecular flexibility index (Phi) is 4.12. The summed E-state index contributed by atoms with van der Waals surface area (Å²) in [6.45, 7) is 3.85. The maximum Gasteiger partial charge on any atom is 0.143 e. The van der Waals surface area contributed by atoms with E-state index >= 15 is 0 Å². The Bertz CT molecular complexity index is 1090. The van der Waals surface area contributed by atoms with Gasteiger partial charge in [-0.15, -0.1) is 11.3 Å². The number of halogens is 2. The first-order chi connectivity index (χ1) is 12.5. The van der Waals surface area contributed by atoms with Gasteiger partial charge in [-0.25, -0.2) is 18.7 Å². The van der Waals surface area contributed by atoms with Crippen molar-refractivity contribution in [1.82, 2.24) is 9.97 Å². The summed E-state index contributed by atoms with van der Waals surface area (Å²) in [4.78, 5) is 11.0. The van der Waals surface area contributed by atoms with Gasteiger partial charge in [0.05, 0.1) is 5.39 Å². The molecule has 0 spiro atoms. The molecule has 26 heavy (non-hydrogen) atoms. The molecule has 1 N–H and O–H groups in total. The van der Waals surface area contributed by atoms with E-state index in [1.54, 1.807) is 35.6 Å². The second kappa shape index (κ2) is 6.46. The zero-order valence-corrected chi connectivity index (χ0v) is 15.0. The zero-order valence-electron chi connectivity index (χ0n) is 14.2. The molecule has 0 saturated heterocycles. The summed E-state index contributed by atoms with van der Waals surface area (Å²) in [7, 11) is 0. The predicted molar refractivity (Wildman–Crippen MR) is 102 cm³/mol. The molecule has 4 rings (SSSR count). The number of anilines is 2. The van der Waals surface area contributed by atoms with Crippen molar-refractivity contribution >= 4 is 33.1 Å². The van der Waals surface area contributed by atoms with Crippen molar-refractivity contribution in [2.45, 2.75) is 13.8 Å². The van der Waals surface area contributed by atoms with Crippen LogP contribution in [0.2, 0.25) is 0 Å². The number of nitrogens with zero attached hydrogens (tertiary/aromatic N) is 2. The van der Waals surface area contributed by atoms with Crippen molar-refractivity contribution in [3.63, 3.8) is 0 Å². The fraction of sp³-hybridized carbons (Fsp3) is 0.100. The van der Waals surface area contributed by atoms with Crippen LogP contribution in [0.25, 0.3) is 21.3 Å². The molecule has 0 radical (unpaired) electrons. The fourth-order valence-electron chi connectivity index (χ4n) is 2.94. The molecule has 2 aromatic carbocycles. The van der Waals surface area contributed by atoms with Crippen LogP contribution < -0.4 is 5.32 Å². The molecule has 0 aliphatic rings. The van der Waals surface area contributed by atoms with Crippen molar-refractivity contribution < 1.29 is 8.78 Å². The van der Waals surface area contributed by atoms with E-state index in [1.807, 2.05) is 13.8 Å². The quantitative estimate of drug-likeness (QED) is 0.483. The first-order valence-corrected chi connectivity index (χ1v) is 8.89. The van der Waals surface area contributed by atoms with E-state index in [4.69, 9.17) is 0 Å². The van der Waals surface area contributed by atoms with E-state index < -0.39 is 0 Å². The van der Waals surface area contributed by atoms with Crippen LogP contribution >= 0.6 is 11.3 Å². The fourth-order valence-corrected chi connectivity index (χ4v) is 4.03. The average molecular weight is 367 g/mol. The normalized spacial score (nSPS) is 11.1. The lowest BCUT2D eigenvalue weighted by Gasteiger charge is -2.10. The van der Waals surface area contributed by atoms with Crippen LogP contribution in [0.1, 0.15) is 10.7 Å². The molecule has 0 bridgehead atoms. The van der Waals surface area contributed by atoms with Crippen LogP contribution in [0.15, 0.2) is 48.5 Å². The summed E-state index contributed by atoms with van der Waals surface area (Å²) in [6.07, 6.45) is 0. The van der Waals surface area contributed by atoms with Gasteiger partial charge in [0.1, 0.15) is 28.1 Å². The highest BCUT2D eigenvalue weighted by molar-refractivity contribution is 7.19. The smallest absolute Gasteiger partial charge is 0.143 e. The minimum atomic E-state index is -0.294. The summed E-state index contributed by atoms with van der Waals surface area (Å²) in [5, 5.41) is 4.15. The molecular weight excluding hydrogens is 352 g/mol. The van der Waals surface area contributed by atoms with Crippen molar-refractivity contribution in [3.8, 4) is 11.1 Å². The van der Waals surface area contributed by atoms with Crippen LogP contribution in [0.5, 0.6) is 0 Å². The second-order valence-corrected chi connectivity index (χ2v) is 7.17. The number of aryl methyl sites for hydroxylation is 2. The lowest BCUT2D eigenvalue weighted by molar-refractivity contribution is 0.627. The highest BCUT2D eigenvalue weighted by atomic mass is 32.1. The standard InChI is InChI=1S/C20H15F2N3S/c1-11-17(13-3-5-14(21)6-4-13)18-19(23-12(2)24-20(18)26-11)25-16-9-7-15(22)8-10-16/h3-10H,1-2H3,(H,23,24,25). The molecule has 130 valence electrons. The highest BCUT2D eigenvalue weighted by Gasteiger charge is 2.18. The Morgan fingerprint density at radius 1 is 0.846 bits per heavy atom. The maximum absolute atomic E-state index is 13.3. The van der Waals surface area contributed by atoms with E-state index in [0.717, 1.165) is 31.9 Å². The summed E-state index contributed by atoms with van der Waals surface area (Å²) >= 11 is 1.57. The number of benzene rings is 2. The Morgan fingerprint density at radius 3 is 2.12 bits per heavy atom. The summed E-state index contributed by atoms with van der Waals surface area (Å²) < 4.78 is 26.5.